The highest BCUT2D eigenvalue weighted by Crippen LogP contribution is 2.11. The van der Waals surface area contributed by atoms with Gasteiger partial charge in [0.1, 0.15) is 4.90 Å². The Labute approximate surface area is 114 Å². The van der Waals surface area contributed by atoms with Crippen molar-refractivity contribution < 1.29 is 13.2 Å². The van der Waals surface area contributed by atoms with Crippen molar-refractivity contribution in [3.05, 3.63) is 12.4 Å². The zero-order valence-electron chi connectivity index (χ0n) is 11.6. The lowest BCUT2D eigenvalue weighted by atomic mass is 10.1. The molecule has 0 saturated carbocycles. The van der Waals surface area contributed by atoms with Crippen molar-refractivity contribution >= 4 is 10.0 Å². The minimum atomic E-state index is -3.56. The molecule has 3 N–H and O–H groups in total. The van der Waals surface area contributed by atoms with E-state index in [1.165, 1.54) is 17.1 Å². The van der Waals surface area contributed by atoms with Gasteiger partial charge in [-0.1, -0.05) is 0 Å². The molecule has 0 fully saturated rings. The molecular weight excluding hydrogens is 268 g/mol. The Kier molecular flexibility index (Phi) is 5.48. The van der Waals surface area contributed by atoms with Crippen molar-refractivity contribution in [2.45, 2.75) is 37.8 Å². The van der Waals surface area contributed by atoms with Crippen molar-refractivity contribution in [3.63, 3.8) is 0 Å². The molecule has 110 valence electrons. The molecule has 0 bridgehead atoms. The molecule has 0 aliphatic rings. The molecule has 0 atom stereocenters. The van der Waals surface area contributed by atoms with Gasteiger partial charge in [-0.3, -0.25) is 4.68 Å². The quantitative estimate of drug-likeness (QED) is 0.698. The van der Waals surface area contributed by atoms with Crippen LogP contribution in [0.2, 0.25) is 0 Å². The van der Waals surface area contributed by atoms with Crippen LogP contribution in [0.5, 0.6) is 0 Å². The van der Waals surface area contributed by atoms with Crippen LogP contribution in [0.3, 0.4) is 0 Å². The molecule has 1 aromatic rings. The van der Waals surface area contributed by atoms with Crippen molar-refractivity contribution in [2.24, 2.45) is 5.73 Å². The van der Waals surface area contributed by atoms with Crippen LogP contribution < -0.4 is 10.5 Å². The molecule has 0 aromatic carbocycles. The van der Waals surface area contributed by atoms with Crippen LogP contribution in [-0.4, -0.2) is 43.5 Å². The number of hydrogen-bond donors (Lipinski definition) is 2. The highest BCUT2D eigenvalue weighted by molar-refractivity contribution is 7.89. The Bertz CT molecular complexity index is 496. The standard InChI is InChI=1S/C11H22N4O3S/c1-4-18-11(2,3)9-14-19(16,17)10-7-13-15(8-10)6-5-12/h7-8,14H,4-6,9,12H2,1-3H3. The summed E-state index contributed by atoms with van der Waals surface area (Å²) in [6, 6.07) is 0. The molecule has 0 aliphatic carbocycles. The van der Waals surface area contributed by atoms with Crippen molar-refractivity contribution in [3.8, 4) is 0 Å². The van der Waals surface area contributed by atoms with E-state index in [4.69, 9.17) is 10.5 Å². The molecule has 0 spiro atoms. The normalized spacial score (nSPS) is 12.8. The largest absolute Gasteiger partial charge is 0.375 e. The second-order valence-corrected chi connectivity index (χ2v) is 6.51. The molecular formula is C11H22N4O3S. The van der Waals surface area contributed by atoms with Crippen LogP contribution in [0, 0.1) is 0 Å². The first-order valence-corrected chi connectivity index (χ1v) is 7.65. The van der Waals surface area contributed by atoms with Gasteiger partial charge < -0.3 is 10.5 Å². The van der Waals surface area contributed by atoms with E-state index < -0.39 is 15.6 Å². The summed E-state index contributed by atoms with van der Waals surface area (Å²) in [6.45, 7) is 7.15. The maximum Gasteiger partial charge on any atom is 0.243 e. The van der Waals surface area contributed by atoms with Gasteiger partial charge in [0.25, 0.3) is 0 Å². The summed E-state index contributed by atoms with van der Waals surface area (Å²) in [7, 11) is -3.56. The van der Waals surface area contributed by atoms with Crippen molar-refractivity contribution in [1.82, 2.24) is 14.5 Å². The zero-order chi connectivity index (χ0) is 14.5. The number of ether oxygens (including phenoxy) is 1. The lowest BCUT2D eigenvalue weighted by molar-refractivity contribution is -0.00515. The van der Waals surface area contributed by atoms with Gasteiger partial charge in [0, 0.05) is 25.9 Å². The fraction of sp³-hybridized carbons (Fsp3) is 0.727. The molecule has 0 unspecified atom stereocenters. The van der Waals surface area contributed by atoms with E-state index in [9.17, 15) is 8.42 Å². The molecule has 7 nitrogen and oxygen atoms in total. The average Bonchev–Trinajstić information content (AvgIpc) is 2.77. The maximum atomic E-state index is 12.0. The number of rotatable bonds is 8. The predicted molar refractivity (Wildman–Crippen MR) is 72.2 cm³/mol. The van der Waals surface area contributed by atoms with Gasteiger partial charge >= 0.3 is 0 Å². The average molecular weight is 290 g/mol. The summed E-state index contributed by atoms with van der Waals surface area (Å²) < 4.78 is 33.6. The van der Waals surface area contributed by atoms with Crippen LogP contribution in [0.4, 0.5) is 0 Å². The number of nitrogens with zero attached hydrogens (tertiary/aromatic N) is 2. The SMILES string of the molecule is CCOC(C)(C)CNS(=O)(=O)c1cnn(CCN)c1. The van der Waals surface area contributed by atoms with Gasteiger partial charge in [-0.15, -0.1) is 0 Å². The van der Waals surface area contributed by atoms with Crippen LogP contribution >= 0.6 is 0 Å². The topological polar surface area (TPSA) is 99.2 Å². The highest BCUT2D eigenvalue weighted by Gasteiger charge is 2.23. The van der Waals surface area contributed by atoms with E-state index in [0.717, 1.165) is 0 Å². The van der Waals surface area contributed by atoms with Gasteiger partial charge in [-0.25, -0.2) is 13.1 Å². The Hall–Kier alpha value is -0.960. The summed E-state index contributed by atoms with van der Waals surface area (Å²) in [6.07, 6.45) is 2.77. The summed E-state index contributed by atoms with van der Waals surface area (Å²) in [5.41, 5.74) is 4.84. The molecule has 1 heterocycles. The van der Waals surface area contributed by atoms with Gasteiger partial charge in [0.2, 0.25) is 10.0 Å². The van der Waals surface area contributed by atoms with E-state index in [2.05, 4.69) is 9.82 Å². The summed E-state index contributed by atoms with van der Waals surface area (Å²) >= 11 is 0. The lowest BCUT2D eigenvalue weighted by Crippen LogP contribution is -2.40. The minimum Gasteiger partial charge on any atom is -0.375 e. The number of nitrogens with one attached hydrogen (secondary N) is 1. The molecule has 8 heteroatoms. The van der Waals surface area contributed by atoms with Gasteiger partial charge in [-0.2, -0.15) is 5.10 Å². The second-order valence-electron chi connectivity index (χ2n) is 4.75. The molecule has 1 aromatic heterocycles. The Morgan fingerprint density at radius 3 is 2.79 bits per heavy atom. The zero-order valence-corrected chi connectivity index (χ0v) is 12.4. The number of nitrogens with two attached hydrogens (primary N) is 1. The fourth-order valence-corrected chi connectivity index (χ4v) is 2.68. The van der Waals surface area contributed by atoms with E-state index in [1.807, 2.05) is 20.8 Å². The molecule has 1 rings (SSSR count). The monoisotopic (exact) mass is 290 g/mol. The Balaban J connectivity index is 2.70. The van der Waals surface area contributed by atoms with Gasteiger partial charge in [0.15, 0.2) is 0 Å². The first kappa shape index (κ1) is 16.1. The maximum absolute atomic E-state index is 12.0. The third-order valence-electron chi connectivity index (χ3n) is 2.50. The molecule has 0 aliphatic heterocycles. The van der Waals surface area contributed by atoms with Gasteiger partial charge in [0.05, 0.1) is 18.3 Å². The van der Waals surface area contributed by atoms with Crippen molar-refractivity contribution in [2.75, 3.05) is 19.7 Å². The Morgan fingerprint density at radius 1 is 1.53 bits per heavy atom. The molecule has 19 heavy (non-hydrogen) atoms. The minimum absolute atomic E-state index is 0.133. The summed E-state index contributed by atoms with van der Waals surface area (Å²) in [5.74, 6) is 0. The second kappa shape index (κ2) is 6.47. The van der Waals surface area contributed by atoms with Crippen LogP contribution in [-0.2, 0) is 21.3 Å². The van der Waals surface area contributed by atoms with E-state index >= 15 is 0 Å². The summed E-state index contributed by atoms with van der Waals surface area (Å²) in [4.78, 5) is 0.133. The van der Waals surface area contributed by atoms with Crippen LogP contribution in [0.25, 0.3) is 0 Å². The first-order chi connectivity index (χ1) is 8.80. The Morgan fingerprint density at radius 2 is 2.21 bits per heavy atom. The molecule has 0 amide bonds. The number of sulfonamides is 1. The van der Waals surface area contributed by atoms with Crippen LogP contribution in [0.1, 0.15) is 20.8 Å². The van der Waals surface area contributed by atoms with E-state index in [-0.39, 0.29) is 11.4 Å². The third kappa shape index (κ3) is 4.90. The molecule has 0 radical (unpaired) electrons. The highest BCUT2D eigenvalue weighted by atomic mass is 32.2. The van der Waals surface area contributed by atoms with Gasteiger partial charge in [-0.05, 0) is 20.8 Å². The predicted octanol–water partition coefficient (Wildman–Crippen LogP) is -0.0648. The molecule has 0 saturated heterocycles. The number of hydrogen-bond acceptors (Lipinski definition) is 5. The lowest BCUT2D eigenvalue weighted by Gasteiger charge is -2.24. The number of aromatic nitrogens is 2. The van der Waals surface area contributed by atoms with Crippen molar-refractivity contribution in [1.29, 1.82) is 0 Å². The van der Waals surface area contributed by atoms with E-state index in [0.29, 0.717) is 19.7 Å². The fourth-order valence-electron chi connectivity index (χ4n) is 1.53. The smallest absolute Gasteiger partial charge is 0.243 e. The summed E-state index contributed by atoms with van der Waals surface area (Å²) in [5, 5.41) is 3.94. The van der Waals surface area contributed by atoms with Crippen LogP contribution in [0.15, 0.2) is 17.3 Å². The third-order valence-corrected chi connectivity index (χ3v) is 3.86. The van der Waals surface area contributed by atoms with E-state index in [1.54, 1.807) is 0 Å². The first-order valence-electron chi connectivity index (χ1n) is 6.17.